The summed E-state index contributed by atoms with van der Waals surface area (Å²) < 4.78 is 3.29. The quantitative estimate of drug-likeness (QED) is 0.488. The van der Waals surface area contributed by atoms with E-state index in [1.54, 1.807) is 30.7 Å². The van der Waals surface area contributed by atoms with Crippen LogP contribution in [-0.4, -0.2) is 24.8 Å². The van der Waals surface area contributed by atoms with Crippen LogP contribution in [0.5, 0.6) is 0 Å². The van der Waals surface area contributed by atoms with Crippen molar-refractivity contribution in [2.75, 3.05) is 0 Å². The molecule has 8 nitrogen and oxygen atoms in total. The van der Waals surface area contributed by atoms with Gasteiger partial charge in [-0.05, 0) is 42.7 Å². The topological polar surface area (TPSA) is 105 Å². The number of nitrogens with one attached hydrogen (secondary N) is 2. The smallest absolute Gasteiger partial charge is 0.267 e. The SMILES string of the molecule is N=c1c(C(=O)NCc2cccnc2)cc2c(=O)n3ccccc3nc2n1C1CCCCC1. The highest BCUT2D eigenvalue weighted by molar-refractivity contribution is 5.96. The fourth-order valence-electron chi connectivity index (χ4n) is 4.50. The molecule has 32 heavy (non-hydrogen) atoms. The molecule has 162 valence electrons. The fraction of sp³-hybridized carbons (Fsp3) is 0.292. The molecule has 0 saturated heterocycles. The number of fused-ring (bicyclic) bond motifs is 2. The van der Waals surface area contributed by atoms with Gasteiger partial charge >= 0.3 is 0 Å². The van der Waals surface area contributed by atoms with E-state index in [0.717, 1.165) is 37.7 Å². The van der Waals surface area contributed by atoms with E-state index in [4.69, 9.17) is 10.4 Å². The number of rotatable bonds is 4. The lowest BCUT2D eigenvalue weighted by molar-refractivity contribution is 0.0948. The molecule has 4 heterocycles. The Bertz CT molecular complexity index is 1420. The van der Waals surface area contributed by atoms with Crippen molar-refractivity contribution in [3.05, 3.63) is 82.0 Å². The average molecular weight is 428 g/mol. The molecule has 0 radical (unpaired) electrons. The molecule has 4 aromatic heterocycles. The maximum atomic E-state index is 13.3. The predicted octanol–water partition coefficient (Wildman–Crippen LogP) is 2.96. The summed E-state index contributed by atoms with van der Waals surface area (Å²) in [7, 11) is 0. The minimum absolute atomic E-state index is 0.0443. The number of nitrogens with zero attached hydrogens (tertiary/aromatic N) is 4. The Balaban J connectivity index is 1.67. The van der Waals surface area contributed by atoms with E-state index in [1.165, 1.54) is 10.5 Å². The Morgan fingerprint density at radius 2 is 2.00 bits per heavy atom. The lowest BCUT2D eigenvalue weighted by atomic mass is 9.94. The molecule has 0 bridgehead atoms. The molecule has 1 amide bonds. The lowest BCUT2D eigenvalue weighted by Gasteiger charge is -2.26. The molecule has 0 atom stereocenters. The molecule has 1 aliphatic rings. The first-order valence-electron chi connectivity index (χ1n) is 10.9. The van der Waals surface area contributed by atoms with Crippen molar-refractivity contribution in [2.45, 2.75) is 44.7 Å². The number of hydrogen-bond donors (Lipinski definition) is 2. The molecule has 1 fully saturated rings. The minimum atomic E-state index is -0.386. The van der Waals surface area contributed by atoms with Gasteiger partial charge in [-0.1, -0.05) is 31.4 Å². The molecule has 0 spiro atoms. The fourth-order valence-corrected chi connectivity index (χ4v) is 4.50. The van der Waals surface area contributed by atoms with Gasteiger partial charge in [0.1, 0.15) is 16.8 Å². The third-order valence-corrected chi connectivity index (χ3v) is 6.12. The first-order chi connectivity index (χ1) is 15.6. The Morgan fingerprint density at radius 1 is 1.16 bits per heavy atom. The van der Waals surface area contributed by atoms with Crippen LogP contribution >= 0.6 is 0 Å². The molecule has 4 aromatic rings. The van der Waals surface area contributed by atoms with E-state index in [9.17, 15) is 9.59 Å². The molecule has 0 aromatic carbocycles. The minimum Gasteiger partial charge on any atom is -0.348 e. The maximum absolute atomic E-state index is 13.3. The van der Waals surface area contributed by atoms with E-state index in [0.29, 0.717) is 23.2 Å². The maximum Gasteiger partial charge on any atom is 0.267 e. The van der Waals surface area contributed by atoms with Crippen LogP contribution in [-0.2, 0) is 6.54 Å². The molecule has 0 aliphatic heterocycles. The number of hydrogen-bond acceptors (Lipinski definition) is 5. The van der Waals surface area contributed by atoms with Crippen molar-refractivity contribution in [3.8, 4) is 0 Å². The van der Waals surface area contributed by atoms with Crippen LogP contribution in [0, 0.1) is 5.41 Å². The summed E-state index contributed by atoms with van der Waals surface area (Å²) >= 11 is 0. The van der Waals surface area contributed by atoms with Crippen molar-refractivity contribution < 1.29 is 4.79 Å². The van der Waals surface area contributed by atoms with Gasteiger partial charge < -0.3 is 9.88 Å². The van der Waals surface area contributed by atoms with Gasteiger partial charge in [0, 0.05) is 31.2 Å². The number of carbonyl (C=O) groups excluding carboxylic acids is 1. The normalized spacial score (nSPS) is 14.6. The van der Waals surface area contributed by atoms with Crippen molar-refractivity contribution in [3.63, 3.8) is 0 Å². The van der Waals surface area contributed by atoms with E-state index in [-0.39, 0.29) is 28.6 Å². The van der Waals surface area contributed by atoms with Gasteiger partial charge in [0.2, 0.25) is 0 Å². The van der Waals surface area contributed by atoms with Gasteiger partial charge in [0.05, 0.1) is 10.9 Å². The number of amides is 1. The molecule has 1 aliphatic carbocycles. The van der Waals surface area contributed by atoms with Crippen LogP contribution in [0.1, 0.15) is 54.1 Å². The first-order valence-corrected chi connectivity index (χ1v) is 10.9. The summed E-state index contributed by atoms with van der Waals surface area (Å²) in [5.74, 6) is -0.386. The monoisotopic (exact) mass is 428 g/mol. The van der Waals surface area contributed by atoms with Crippen molar-refractivity contribution >= 4 is 22.6 Å². The van der Waals surface area contributed by atoms with Crippen LogP contribution in [0.4, 0.5) is 0 Å². The van der Waals surface area contributed by atoms with Gasteiger partial charge in [-0.15, -0.1) is 0 Å². The number of carbonyl (C=O) groups is 1. The lowest BCUT2D eigenvalue weighted by Crippen LogP contribution is -2.36. The number of pyridine rings is 3. The average Bonchev–Trinajstić information content (AvgIpc) is 2.84. The molecular weight excluding hydrogens is 404 g/mol. The summed E-state index contributed by atoms with van der Waals surface area (Å²) in [5, 5.41) is 12.1. The molecule has 1 saturated carbocycles. The van der Waals surface area contributed by atoms with Gasteiger partial charge in [-0.3, -0.25) is 24.4 Å². The zero-order valence-electron chi connectivity index (χ0n) is 17.6. The predicted molar refractivity (Wildman–Crippen MR) is 120 cm³/mol. The van der Waals surface area contributed by atoms with Crippen molar-refractivity contribution in [1.82, 2.24) is 24.3 Å². The standard InChI is InChI=1S/C24H24N6O2/c25-21-18(23(31)27-15-16-7-6-11-26-14-16)13-19-22(30(21)17-8-2-1-3-9-17)28-20-10-4-5-12-29(20)24(19)32/h4-7,10-14,17,25H,1-3,8-9,15H2,(H,27,31). The van der Waals surface area contributed by atoms with Crippen LogP contribution in [0.3, 0.4) is 0 Å². The highest BCUT2D eigenvalue weighted by Gasteiger charge is 2.23. The second-order valence-electron chi connectivity index (χ2n) is 8.20. The highest BCUT2D eigenvalue weighted by Crippen LogP contribution is 2.29. The van der Waals surface area contributed by atoms with Crippen LogP contribution in [0.15, 0.2) is 59.8 Å². The summed E-state index contributed by atoms with van der Waals surface area (Å²) in [6.07, 6.45) is 10.1. The largest absolute Gasteiger partial charge is 0.348 e. The van der Waals surface area contributed by atoms with Crippen LogP contribution in [0.25, 0.3) is 16.7 Å². The zero-order valence-corrected chi connectivity index (χ0v) is 17.6. The zero-order chi connectivity index (χ0) is 22.1. The third-order valence-electron chi connectivity index (χ3n) is 6.12. The third kappa shape index (κ3) is 3.57. The molecular formula is C24H24N6O2. The summed E-state index contributed by atoms with van der Waals surface area (Å²) in [4.78, 5) is 35.2. The van der Waals surface area contributed by atoms with Gasteiger partial charge in [0.15, 0.2) is 0 Å². The molecule has 0 unspecified atom stereocenters. The summed E-state index contributed by atoms with van der Waals surface area (Å²) in [6.45, 7) is 0.294. The Labute approximate surface area is 184 Å². The Kier molecular flexibility index (Phi) is 5.26. The van der Waals surface area contributed by atoms with E-state index in [1.807, 2.05) is 22.8 Å². The second kappa shape index (κ2) is 8.37. The second-order valence-corrected chi connectivity index (χ2v) is 8.20. The van der Waals surface area contributed by atoms with Crippen molar-refractivity contribution in [1.29, 1.82) is 5.41 Å². The van der Waals surface area contributed by atoms with Gasteiger partial charge in [-0.2, -0.15) is 0 Å². The first kappa shape index (κ1) is 20.1. The van der Waals surface area contributed by atoms with E-state index < -0.39 is 0 Å². The van der Waals surface area contributed by atoms with Crippen molar-refractivity contribution in [2.24, 2.45) is 0 Å². The Hall–Kier alpha value is -3.81. The highest BCUT2D eigenvalue weighted by atomic mass is 16.1. The van der Waals surface area contributed by atoms with E-state index in [2.05, 4.69) is 10.3 Å². The van der Waals surface area contributed by atoms with Gasteiger partial charge in [-0.25, -0.2) is 4.98 Å². The summed E-state index contributed by atoms with van der Waals surface area (Å²) in [5.41, 5.74) is 1.91. The number of aromatic nitrogens is 4. The van der Waals surface area contributed by atoms with E-state index >= 15 is 0 Å². The van der Waals surface area contributed by atoms with Gasteiger partial charge in [0.25, 0.3) is 11.5 Å². The summed E-state index contributed by atoms with van der Waals surface area (Å²) in [6, 6.07) is 10.6. The molecule has 8 heteroatoms. The molecule has 5 rings (SSSR count). The van der Waals surface area contributed by atoms with Crippen LogP contribution < -0.4 is 16.4 Å². The van der Waals surface area contributed by atoms with Crippen LogP contribution in [0.2, 0.25) is 0 Å². The Morgan fingerprint density at radius 3 is 2.78 bits per heavy atom. The molecule has 2 N–H and O–H groups in total.